The van der Waals surface area contributed by atoms with Crippen molar-refractivity contribution in [3.63, 3.8) is 0 Å². The standard InChI is InChI=1S/C17H17BrN2O2S/c1-2-19-17(23)15(20-8-4-5-12(10-20)11-21)16(22)13-6-3-7-14(18)9-13/h3-10,15,21H,2,11H2,1H3/p+1. The van der Waals surface area contributed by atoms with E-state index in [-0.39, 0.29) is 12.4 Å². The first kappa shape index (κ1) is 17.7. The molecule has 0 radical (unpaired) electrons. The number of ketones is 1. The van der Waals surface area contributed by atoms with Gasteiger partial charge in [0.2, 0.25) is 5.78 Å². The molecule has 0 aliphatic heterocycles. The molecule has 0 saturated carbocycles. The van der Waals surface area contributed by atoms with Crippen LogP contribution in [0.25, 0.3) is 0 Å². The lowest BCUT2D eigenvalue weighted by Gasteiger charge is -2.14. The summed E-state index contributed by atoms with van der Waals surface area (Å²) in [4.78, 5) is 13.4. The third-order valence-corrected chi connectivity index (χ3v) is 4.18. The van der Waals surface area contributed by atoms with Crippen molar-refractivity contribution in [3.8, 4) is 0 Å². The molecule has 2 N–H and O–H groups in total. The maximum Gasteiger partial charge on any atom is 0.270 e. The van der Waals surface area contributed by atoms with Crippen LogP contribution in [0.5, 0.6) is 0 Å². The zero-order valence-electron chi connectivity index (χ0n) is 12.7. The van der Waals surface area contributed by atoms with E-state index in [2.05, 4.69) is 21.2 Å². The van der Waals surface area contributed by atoms with E-state index in [1.807, 2.05) is 19.1 Å². The average molecular weight is 394 g/mol. The number of aliphatic hydroxyl groups excluding tert-OH is 1. The predicted molar refractivity (Wildman–Crippen MR) is 96.3 cm³/mol. The molecule has 1 unspecified atom stereocenters. The number of hydrogen-bond acceptors (Lipinski definition) is 3. The third kappa shape index (κ3) is 4.43. The molecule has 2 rings (SSSR count). The zero-order chi connectivity index (χ0) is 16.8. The maximum atomic E-state index is 13.0. The number of carbonyl (C=O) groups is 1. The monoisotopic (exact) mass is 393 g/mol. The minimum atomic E-state index is -0.647. The number of rotatable bonds is 6. The lowest BCUT2D eigenvalue weighted by atomic mass is 10.0. The lowest BCUT2D eigenvalue weighted by molar-refractivity contribution is -0.692. The summed E-state index contributed by atoms with van der Waals surface area (Å²) < 4.78 is 2.57. The molecule has 2 aromatic rings. The summed E-state index contributed by atoms with van der Waals surface area (Å²) in [6, 6.07) is 10.2. The van der Waals surface area contributed by atoms with Crippen molar-refractivity contribution in [1.29, 1.82) is 0 Å². The van der Waals surface area contributed by atoms with Gasteiger partial charge in [-0.2, -0.15) is 4.57 Å². The molecular weight excluding hydrogens is 376 g/mol. The Kier molecular flexibility index (Phi) is 6.38. The Morgan fingerprint density at radius 2 is 2.17 bits per heavy atom. The Bertz CT molecular complexity index is 721. The van der Waals surface area contributed by atoms with Crippen molar-refractivity contribution < 1.29 is 14.5 Å². The van der Waals surface area contributed by atoms with Crippen LogP contribution < -0.4 is 9.88 Å². The molecule has 0 aliphatic carbocycles. The molecule has 0 aliphatic rings. The molecule has 23 heavy (non-hydrogen) atoms. The fourth-order valence-corrected chi connectivity index (χ4v) is 3.03. The van der Waals surface area contributed by atoms with E-state index in [1.54, 1.807) is 41.2 Å². The van der Waals surface area contributed by atoms with Gasteiger partial charge in [0.15, 0.2) is 17.4 Å². The van der Waals surface area contributed by atoms with Gasteiger partial charge in [-0.3, -0.25) is 4.79 Å². The molecule has 4 nitrogen and oxygen atoms in total. The highest BCUT2D eigenvalue weighted by Gasteiger charge is 2.33. The average Bonchev–Trinajstić information content (AvgIpc) is 2.55. The van der Waals surface area contributed by atoms with Gasteiger partial charge in [0.1, 0.15) is 0 Å². The number of aromatic nitrogens is 1. The van der Waals surface area contributed by atoms with Crippen molar-refractivity contribution in [1.82, 2.24) is 5.32 Å². The highest BCUT2D eigenvalue weighted by atomic mass is 79.9. The van der Waals surface area contributed by atoms with Crippen LogP contribution in [0.15, 0.2) is 53.3 Å². The van der Waals surface area contributed by atoms with Crippen molar-refractivity contribution in [2.45, 2.75) is 19.6 Å². The second-order valence-electron chi connectivity index (χ2n) is 4.99. The Balaban J connectivity index is 2.45. The van der Waals surface area contributed by atoms with Gasteiger partial charge < -0.3 is 10.4 Å². The van der Waals surface area contributed by atoms with Gasteiger partial charge in [-0.25, -0.2) is 0 Å². The van der Waals surface area contributed by atoms with Gasteiger partial charge in [-0.05, 0) is 25.1 Å². The summed E-state index contributed by atoms with van der Waals surface area (Å²) in [7, 11) is 0. The van der Waals surface area contributed by atoms with Gasteiger partial charge in [-0.15, -0.1) is 0 Å². The van der Waals surface area contributed by atoms with Crippen LogP contribution in [0.1, 0.15) is 28.9 Å². The topological polar surface area (TPSA) is 53.2 Å². The van der Waals surface area contributed by atoms with Crippen LogP contribution in [0, 0.1) is 0 Å². The van der Waals surface area contributed by atoms with Gasteiger partial charge in [-0.1, -0.05) is 40.3 Å². The molecule has 120 valence electrons. The third-order valence-electron chi connectivity index (χ3n) is 3.32. The van der Waals surface area contributed by atoms with E-state index in [0.717, 1.165) is 10.0 Å². The van der Waals surface area contributed by atoms with Gasteiger partial charge in [0.25, 0.3) is 6.04 Å². The van der Waals surface area contributed by atoms with Crippen molar-refractivity contribution in [2.75, 3.05) is 6.54 Å². The molecule has 0 saturated heterocycles. The Morgan fingerprint density at radius 1 is 1.39 bits per heavy atom. The molecule has 0 spiro atoms. The van der Waals surface area contributed by atoms with E-state index < -0.39 is 6.04 Å². The predicted octanol–water partition coefficient (Wildman–Crippen LogP) is 2.59. The molecule has 1 heterocycles. The number of thiocarbonyl (C=S) groups is 1. The summed E-state index contributed by atoms with van der Waals surface area (Å²) in [5.74, 6) is -0.0997. The van der Waals surface area contributed by atoms with Crippen LogP contribution >= 0.6 is 28.1 Å². The zero-order valence-corrected chi connectivity index (χ0v) is 15.1. The molecule has 0 amide bonds. The molecule has 1 aromatic heterocycles. The number of pyridine rings is 1. The molecule has 0 bridgehead atoms. The van der Waals surface area contributed by atoms with Gasteiger partial charge in [0.05, 0.1) is 6.61 Å². The first-order chi connectivity index (χ1) is 11.1. The SMILES string of the molecule is CCNC(=S)C(C(=O)c1cccc(Br)c1)[n+]1cccc(CO)c1. The highest BCUT2D eigenvalue weighted by molar-refractivity contribution is 9.10. The number of carbonyl (C=O) groups excluding carboxylic acids is 1. The van der Waals surface area contributed by atoms with Gasteiger partial charge >= 0.3 is 0 Å². The van der Waals surface area contributed by atoms with Crippen LogP contribution in [0.2, 0.25) is 0 Å². The molecule has 6 heteroatoms. The quantitative estimate of drug-likeness (QED) is 0.449. The molecule has 0 fully saturated rings. The first-order valence-electron chi connectivity index (χ1n) is 7.25. The maximum absolute atomic E-state index is 13.0. The second-order valence-corrected chi connectivity index (χ2v) is 6.34. The van der Waals surface area contributed by atoms with E-state index >= 15 is 0 Å². The summed E-state index contributed by atoms with van der Waals surface area (Å²) in [5, 5.41) is 12.4. The number of Topliss-reactive ketones (excluding diaryl/α,β-unsaturated/α-hetero) is 1. The summed E-state index contributed by atoms with van der Waals surface area (Å²) in [5.41, 5.74) is 1.30. The highest BCUT2D eigenvalue weighted by Crippen LogP contribution is 2.16. The van der Waals surface area contributed by atoms with Crippen LogP contribution in [0.4, 0.5) is 0 Å². The number of hydrogen-bond donors (Lipinski definition) is 2. The fourth-order valence-electron chi connectivity index (χ4n) is 2.26. The summed E-state index contributed by atoms with van der Waals surface area (Å²) >= 11 is 8.80. The van der Waals surface area contributed by atoms with E-state index in [1.165, 1.54) is 0 Å². The van der Waals surface area contributed by atoms with Crippen molar-refractivity contribution in [2.24, 2.45) is 0 Å². The molecular formula is C17H18BrN2O2S+. The minimum absolute atomic E-state index is 0.0907. The van der Waals surface area contributed by atoms with Gasteiger partial charge in [0, 0.05) is 28.2 Å². The smallest absolute Gasteiger partial charge is 0.270 e. The first-order valence-corrected chi connectivity index (χ1v) is 8.45. The number of aliphatic hydroxyl groups is 1. The normalized spacial score (nSPS) is 11.8. The van der Waals surface area contributed by atoms with Crippen molar-refractivity contribution in [3.05, 3.63) is 64.4 Å². The van der Waals surface area contributed by atoms with Crippen LogP contribution in [0.3, 0.4) is 0 Å². The number of nitrogens with zero attached hydrogens (tertiary/aromatic N) is 1. The number of benzene rings is 1. The van der Waals surface area contributed by atoms with E-state index in [4.69, 9.17) is 12.2 Å². The Morgan fingerprint density at radius 3 is 2.83 bits per heavy atom. The molecule has 1 atom stereocenters. The Hall–Kier alpha value is -1.63. The second kappa shape index (κ2) is 8.29. The fraction of sp³-hybridized carbons (Fsp3) is 0.235. The van der Waals surface area contributed by atoms with Crippen molar-refractivity contribution >= 4 is 38.9 Å². The lowest BCUT2D eigenvalue weighted by Crippen LogP contribution is -2.51. The number of nitrogens with one attached hydrogen (secondary N) is 1. The Labute approximate surface area is 149 Å². The van der Waals surface area contributed by atoms with Crippen LogP contribution in [-0.2, 0) is 6.61 Å². The number of likely N-dealkylation sites (N-methyl/N-ethyl adjacent to an activating group) is 1. The summed E-state index contributed by atoms with van der Waals surface area (Å²) in [6.45, 7) is 2.48. The molecule has 1 aromatic carbocycles. The van der Waals surface area contributed by atoms with E-state index in [9.17, 15) is 9.90 Å². The van der Waals surface area contributed by atoms with E-state index in [0.29, 0.717) is 17.1 Å². The summed E-state index contributed by atoms with van der Waals surface area (Å²) in [6.07, 6.45) is 3.52. The number of halogens is 1. The largest absolute Gasteiger partial charge is 0.391 e. The minimum Gasteiger partial charge on any atom is -0.391 e. The van der Waals surface area contributed by atoms with Crippen LogP contribution in [-0.4, -0.2) is 22.4 Å².